The van der Waals surface area contributed by atoms with Gasteiger partial charge in [0.15, 0.2) is 10.8 Å². The van der Waals surface area contributed by atoms with Crippen molar-refractivity contribution < 1.29 is 4.79 Å². The molecule has 0 aliphatic carbocycles. The highest BCUT2D eigenvalue weighted by Crippen LogP contribution is 2.24. The third-order valence-electron chi connectivity index (χ3n) is 4.78. The molecule has 1 atom stereocenters. The van der Waals surface area contributed by atoms with Crippen LogP contribution in [0, 0.1) is 13.8 Å². The number of hydrogen-bond acceptors (Lipinski definition) is 5. The van der Waals surface area contributed by atoms with Crippen LogP contribution in [-0.4, -0.2) is 30.9 Å². The highest BCUT2D eigenvalue weighted by atomic mass is 35.5. The Kier molecular flexibility index (Phi) is 5.84. The number of nitrogens with zero attached hydrogens (tertiary/aromatic N) is 3. The third kappa shape index (κ3) is 4.50. The first-order valence-electron chi connectivity index (χ1n) is 9.60. The van der Waals surface area contributed by atoms with Crippen molar-refractivity contribution in [2.45, 2.75) is 31.2 Å². The Labute approximate surface area is 187 Å². The maximum atomic E-state index is 12.7. The summed E-state index contributed by atoms with van der Waals surface area (Å²) in [5, 5.41) is 8.00. The highest BCUT2D eigenvalue weighted by molar-refractivity contribution is 8.00. The Morgan fingerprint density at radius 3 is 2.81 bits per heavy atom. The standard InChI is InChI=1S/C22H20ClN5O2S/c1-12-7-8-13(2)18(9-12)25-20(29)14(3)31-22-26-19-17(21(30)27-22)11-24-28(19)16-6-4-5-15(23)10-16/h4-11,14H,1-3H3,(H,25,29)(H,26,27,30). The zero-order valence-electron chi connectivity index (χ0n) is 17.1. The number of benzene rings is 2. The molecule has 0 bridgehead atoms. The fourth-order valence-electron chi connectivity index (χ4n) is 3.08. The van der Waals surface area contributed by atoms with Crippen LogP contribution in [0.5, 0.6) is 0 Å². The zero-order valence-corrected chi connectivity index (χ0v) is 18.7. The Hall–Kier alpha value is -3.10. The molecule has 0 spiro atoms. The van der Waals surface area contributed by atoms with Gasteiger partial charge >= 0.3 is 0 Å². The molecule has 4 aromatic rings. The number of amides is 1. The summed E-state index contributed by atoms with van der Waals surface area (Å²) < 4.78 is 1.56. The van der Waals surface area contributed by atoms with Crippen molar-refractivity contribution in [3.63, 3.8) is 0 Å². The second-order valence-corrected chi connectivity index (χ2v) is 8.98. The monoisotopic (exact) mass is 453 g/mol. The maximum absolute atomic E-state index is 12.7. The first-order chi connectivity index (χ1) is 14.8. The molecule has 1 amide bonds. The number of carbonyl (C=O) groups excluding carboxylic acids is 1. The molecule has 2 aromatic heterocycles. The second kappa shape index (κ2) is 8.56. The van der Waals surface area contributed by atoms with E-state index in [0.717, 1.165) is 16.8 Å². The van der Waals surface area contributed by atoms with E-state index in [4.69, 9.17) is 11.6 Å². The number of fused-ring (bicyclic) bond motifs is 1. The van der Waals surface area contributed by atoms with Crippen molar-refractivity contribution in [1.29, 1.82) is 0 Å². The molecular formula is C22H20ClN5O2S. The van der Waals surface area contributed by atoms with Crippen molar-refractivity contribution in [1.82, 2.24) is 19.7 Å². The van der Waals surface area contributed by atoms with Crippen LogP contribution >= 0.6 is 23.4 Å². The fourth-order valence-corrected chi connectivity index (χ4v) is 4.05. The highest BCUT2D eigenvalue weighted by Gasteiger charge is 2.19. The van der Waals surface area contributed by atoms with Crippen molar-refractivity contribution in [3.8, 4) is 5.69 Å². The number of aryl methyl sites for hydroxylation is 2. The number of thioether (sulfide) groups is 1. The van der Waals surface area contributed by atoms with E-state index in [1.807, 2.05) is 38.1 Å². The van der Waals surface area contributed by atoms with E-state index >= 15 is 0 Å². The molecule has 9 heteroatoms. The predicted octanol–water partition coefficient (Wildman–Crippen LogP) is 4.50. The molecule has 4 rings (SSSR count). The van der Waals surface area contributed by atoms with E-state index in [-0.39, 0.29) is 11.5 Å². The first-order valence-corrected chi connectivity index (χ1v) is 10.9. The predicted molar refractivity (Wildman–Crippen MR) is 124 cm³/mol. The van der Waals surface area contributed by atoms with Crippen LogP contribution in [0.3, 0.4) is 0 Å². The fraction of sp³-hybridized carbons (Fsp3) is 0.182. The Morgan fingerprint density at radius 1 is 1.23 bits per heavy atom. The molecule has 2 heterocycles. The van der Waals surface area contributed by atoms with Crippen LogP contribution in [-0.2, 0) is 4.79 Å². The summed E-state index contributed by atoms with van der Waals surface area (Å²) in [7, 11) is 0. The summed E-state index contributed by atoms with van der Waals surface area (Å²) in [5.74, 6) is -0.176. The molecule has 0 saturated heterocycles. The lowest BCUT2D eigenvalue weighted by Gasteiger charge is -2.13. The minimum atomic E-state index is -0.483. The lowest BCUT2D eigenvalue weighted by molar-refractivity contribution is -0.115. The Morgan fingerprint density at radius 2 is 2.03 bits per heavy atom. The van der Waals surface area contributed by atoms with Crippen molar-refractivity contribution in [2.75, 3.05) is 5.32 Å². The summed E-state index contributed by atoms with van der Waals surface area (Å²) in [6, 6.07) is 13.0. The lowest BCUT2D eigenvalue weighted by Crippen LogP contribution is -2.23. The largest absolute Gasteiger partial charge is 0.325 e. The number of nitrogens with one attached hydrogen (secondary N) is 2. The van der Waals surface area contributed by atoms with Crippen LogP contribution in [0.25, 0.3) is 16.7 Å². The number of H-pyrrole nitrogens is 1. The number of aromatic nitrogens is 4. The Bertz CT molecular complexity index is 1350. The maximum Gasteiger partial charge on any atom is 0.262 e. The molecule has 2 N–H and O–H groups in total. The van der Waals surface area contributed by atoms with E-state index in [1.165, 1.54) is 18.0 Å². The zero-order chi connectivity index (χ0) is 22.1. The van der Waals surface area contributed by atoms with Gasteiger partial charge in [-0.25, -0.2) is 9.67 Å². The summed E-state index contributed by atoms with van der Waals surface area (Å²) in [6.07, 6.45) is 1.47. The number of rotatable bonds is 5. The van der Waals surface area contributed by atoms with E-state index < -0.39 is 5.25 Å². The molecule has 1 unspecified atom stereocenters. The van der Waals surface area contributed by atoms with Gasteiger partial charge in [-0.15, -0.1) is 0 Å². The van der Waals surface area contributed by atoms with Gasteiger partial charge in [0.05, 0.1) is 17.1 Å². The van der Waals surface area contributed by atoms with E-state index in [9.17, 15) is 9.59 Å². The first kappa shape index (κ1) is 21.1. The van der Waals surface area contributed by atoms with Crippen molar-refractivity contribution in [3.05, 3.63) is 75.2 Å². The number of anilines is 1. The topological polar surface area (TPSA) is 92.7 Å². The van der Waals surface area contributed by atoms with Crippen LogP contribution in [0.4, 0.5) is 5.69 Å². The summed E-state index contributed by atoms with van der Waals surface area (Å²) in [4.78, 5) is 32.5. The van der Waals surface area contributed by atoms with Gasteiger partial charge in [-0.2, -0.15) is 5.10 Å². The minimum absolute atomic E-state index is 0.176. The Balaban J connectivity index is 1.61. The quantitative estimate of drug-likeness (QED) is 0.343. The minimum Gasteiger partial charge on any atom is -0.325 e. The van der Waals surface area contributed by atoms with Gasteiger partial charge in [0.2, 0.25) is 5.91 Å². The second-order valence-electron chi connectivity index (χ2n) is 7.21. The molecule has 0 aliphatic rings. The SMILES string of the molecule is Cc1ccc(C)c(NC(=O)C(C)Sc2nc3c(cnn3-c3cccc(Cl)c3)c(=O)[nH]2)c1. The van der Waals surface area contributed by atoms with Crippen LogP contribution in [0.2, 0.25) is 5.02 Å². The summed E-state index contributed by atoms with van der Waals surface area (Å²) in [6.45, 7) is 5.68. The molecule has 158 valence electrons. The van der Waals surface area contributed by atoms with E-state index in [1.54, 1.807) is 29.8 Å². The van der Waals surface area contributed by atoms with E-state index in [2.05, 4.69) is 20.4 Å². The number of halogens is 1. The average Bonchev–Trinajstić information content (AvgIpc) is 3.15. The van der Waals surface area contributed by atoms with Gasteiger partial charge in [-0.05, 0) is 56.2 Å². The van der Waals surface area contributed by atoms with Gasteiger partial charge in [0, 0.05) is 10.7 Å². The summed E-state index contributed by atoms with van der Waals surface area (Å²) in [5.41, 5.74) is 3.59. The number of aromatic amines is 1. The summed E-state index contributed by atoms with van der Waals surface area (Å²) >= 11 is 7.26. The van der Waals surface area contributed by atoms with Gasteiger partial charge in [0.25, 0.3) is 5.56 Å². The van der Waals surface area contributed by atoms with Crippen LogP contribution in [0.1, 0.15) is 18.1 Å². The van der Waals surface area contributed by atoms with Crippen LogP contribution < -0.4 is 10.9 Å². The van der Waals surface area contributed by atoms with Gasteiger partial charge in [0.1, 0.15) is 5.39 Å². The molecule has 7 nitrogen and oxygen atoms in total. The van der Waals surface area contributed by atoms with Gasteiger partial charge in [-0.3, -0.25) is 9.59 Å². The molecule has 0 aliphatic heterocycles. The smallest absolute Gasteiger partial charge is 0.262 e. The molecule has 0 saturated carbocycles. The normalized spacial score (nSPS) is 12.1. The molecular weight excluding hydrogens is 434 g/mol. The molecule has 2 aromatic carbocycles. The average molecular weight is 454 g/mol. The molecule has 0 radical (unpaired) electrons. The number of hydrogen-bond donors (Lipinski definition) is 2. The number of carbonyl (C=O) groups is 1. The van der Waals surface area contributed by atoms with Gasteiger partial charge in [-0.1, -0.05) is 41.6 Å². The van der Waals surface area contributed by atoms with E-state index in [0.29, 0.717) is 26.9 Å². The van der Waals surface area contributed by atoms with Gasteiger partial charge < -0.3 is 10.3 Å². The van der Waals surface area contributed by atoms with Crippen molar-refractivity contribution in [2.24, 2.45) is 0 Å². The third-order valence-corrected chi connectivity index (χ3v) is 6.00. The molecule has 0 fully saturated rings. The molecule has 31 heavy (non-hydrogen) atoms. The van der Waals surface area contributed by atoms with Crippen LogP contribution in [0.15, 0.2) is 58.6 Å². The van der Waals surface area contributed by atoms with Crippen molar-refractivity contribution >= 4 is 46.0 Å². The lowest BCUT2D eigenvalue weighted by atomic mass is 10.1.